The molecule has 0 atom stereocenters. The number of halogens is 1. The molecule has 0 aliphatic heterocycles. The van der Waals surface area contributed by atoms with Crippen molar-refractivity contribution in [3.05, 3.63) is 65.3 Å². The lowest BCUT2D eigenvalue weighted by Crippen LogP contribution is -1.93. The number of aldehydes is 1. The summed E-state index contributed by atoms with van der Waals surface area (Å²) in [5.74, 6) is 0. The number of aromatic nitrogens is 1. The van der Waals surface area contributed by atoms with Crippen molar-refractivity contribution in [3.8, 4) is 0 Å². The molecule has 3 rings (SSSR count). The quantitative estimate of drug-likeness (QED) is 0.722. The van der Waals surface area contributed by atoms with Crippen molar-refractivity contribution in [2.45, 2.75) is 0 Å². The van der Waals surface area contributed by atoms with Gasteiger partial charge in [0.05, 0.1) is 5.52 Å². The van der Waals surface area contributed by atoms with Crippen molar-refractivity contribution in [3.63, 3.8) is 0 Å². The minimum atomic E-state index is 0.655. The second kappa shape index (κ2) is 5.31. The largest absolute Gasteiger partial charge is 0.355 e. The van der Waals surface area contributed by atoms with Crippen LogP contribution in [0, 0.1) is 0 Å². The first-order chi connectivity index (χ1) is 9.76. The van der Waals surface area contributed by atoms with E-state index in [-0.39, 0.29) is 0 Å². The Kier molecular flexibility index (Phi) is 3.35. The van der Waals surface area contributed by atoms with Crippen LogP contribution in [-0.2, 0) is 0 Å². The van der Waals surface area contributed by atoms with Crippen LogP contribution >= 0.6 is 11.6 Å². The van der Waals surface area contributed by atoms with E-state index in [0.717, 1.165) is 28.6 Å². The Labute approximate surface area is 121 Å². The Morgan fingerprint density at radius 2 is 1.85 bits per heavy atom. The zero-order chi connectivity index (χ0) is 13.9. The molecule has 0 saturated carbocycles. The fourth-order valence-electron chi connectivity index (χ4n) is 2.03. The van der Waals surface area contributed by atoms with Gasteiger partial charge in [-0.05, 0) is 48.5 Å². The zero-order valence-corrected chi connectivity index (χ0v) is 11.3. The van der Waals surface area contributed by atoms with E-state index in [9.17, 15) is 4.79 Å². The number of anilines is 2. The highest BCUT2D eigenvalue weighted by Crippen LogP contribution is 2.27. The van der Waals surface area contributed by atoms with Crippen LogP contribution in [0.15, 0.2) is 54.7 Å². The first-order valence-electron chi connectivity index (χ1n) is 6.13. The minimum absolute atomic E-state index is 0.655. The average Bonchev–Trinajstić information content (AvgIpc) is 2.48. The number of hydrogen-bond donors (Lipinski definition) is 1. The molecular weight excluding hydrogens is 272 g/mol. The summed E-state index contributed by atoms with van der Waals surface area (Å²) in [6.07, 6.45) is 2.56. The van der Waals surface area contributed by atoms with E-state index in [1.54, 1.807) is 18.3 Å². The molecule has 0 spiro atoms. The zero-order valence-electron chi connectivity index (χ0n) is 10.5. The number of hydrogen-bond acceptors (Lipinski definition) is 3. The molecule has 0 aliphatic rings. The number of carbonyl (C=O) groups excluding carboxylic acids is 1. The Bertz CT molecular complexity index is 769. The Morgan fingerprint density at radius 3 is 2.60 bits per heavy atom. The molecule has 0 unspecified atom stereocenters. The smallest absolute Gasteiger partial charge is 0.150 e. The molecule has 20 heavy (non-hydrogen) atoms. The van der Waals surface area contributed by atoms with Crippen molar-refractivity contribution < 1.29 is 4.79 Å². The summed E-state index contributed by atoms with van der Waals surface area (Å²) in [6.45, 7) is 0. The molecule has 98 valence electrons. The normalized spacial score (nSPS) is 10.4. The first kappa shape index (κ1) is 12.6. The fourth-order valence-corrected chi connectivity index (χ4v) is 2.20. The predicted octanol–water partition coefficient (Wildman–Crippen LogP) is 4.44. The summed E-state index contributed by atoms with van der Waals surface area (Å²) in [5.41, 5.74) is 3.36. The fraction of sp³-hybridized carbons (Fsp3) is 0. The molecule has 0 bridgehead atoms. The molecule has 0 saturated heterocycles. The monoisotopic (exact) mass is 282 g/mol. The van der Waals surface area contributed by atoms with E-state index in [1.165, 1.54) is 0 Å². The van der Waals surface area contributed by atoms with E-state index >= 15 is 0 Å². The molecule has 3 aromatic rings. The number of nitrogens with one attached hydrogen (secondary N) is 1. The highest BCUT2D eigenvalue weighted by molar-refractivity contribution is 6.31. The van der Waals surface area contributed by atoms with E-state index in [4.69, 9.17) is 11.6 Å². The second-order valence-electron chi connectivity index (χ2n) is 4.38. The maximum absolute atomic E-state index is 10.6. The molecular formula is C16H11ClN2O. The van der Waals surface area contributed by atoms with Gasteiger partial charge in [0.1, 0.15) is 6.29 Å². The van der Waals surface area contributed by atoms with Crippen LogP contribution in [-0.4, -0.2) is 11.3 Å². The van der Waals surface area contributed by atoms with E-state index < -0.39 is 0 Å². The topological polar surface area (TPSA) is 42.0 Å². The molecule has 3 nitrogen and oxygen atoms in total. The van der Waals surface area contributed by atoms with Crippen LogP contribution in [0.25, 0.3) is 10.9 Å². The van der Waals surface area contributed by atoms with Gasteiger partial charge in [0.2, 0.25) is 0 Å². The average molecular weight is 283 g/mol. The van der Waals surface area contributed by atoms with E-state index in [1.807, 2.05) is 36.4 Å². The SMILES string of the molecule is O=Cc1ccc(Nc2ccnc3cc(Cl)ccc23)cc1. The van der Waals surface area contributed by atoms with Crippen molar-refractivity contribution in [1.29, 1.82) is 0 Å². The summed E-state index contributed by atoms with van der Waals surface area (Å²) in [7, 11) is 0. The standard InChI is InChI=1S/C16H11ClN2O/c17-12-3-6-14-15(7-8-18-16(14)9-12)19-13-4-1-11(10-20)2-5-13/h1-10H,(H,18,19). The molecule has 4 heteroatoms. The van der Waals surface area contributed by atoms with Crippen LogP contribution < -0.4 is 5.32 Å². The van der Waals surface area contributed by atoms with Gasteiger partial charge in [-0.3, -0.25) is 9.78 Å². The van der Waals surface area contributed by atoms with Gasteiger partial charge in [-0.15, -0.1) is 0 Å². The summed E-state index contributed by atoms with van der Waals surface area (Å²) < 4.78 is 0. The van der Waals surface area contributed by atoms with Crippen molar-refractivity contribution in [1.82, 2.24) is 4.98 Å². The number of rotatable bonds is 3. The number of pyridine rings is 1. The maximum Gasteiger partial charge on any atom is 0.150 e. The molecule has 2 aromatic carbocycles. The molecule has 1 heterocycles. The highest BCUT2D eigenvalue weighted by Gasteiger charge is 2.03. The molecule has 0 aliphatic carbocycles. The predicted molar refractivity (Wildman–Crippen MR) is 81.9 cm³/mol. The van der Waals surface area contributed by atoms with Gasteiger partial charge < -0.3 is 5.32 Å². The van der Waals surface area contributed by atoms with Crippen molar-refractivity contribution >= 4 is 40.2 Å². The third-order valence-corrected chi connectivity index (χ3v) is 3.27. The summed E-state index contributed by atoms with van der Waals surface area (Å²) in [4.78, 5) is 14.9. The van der Waals surface area contributed by atoms with Crippen LogP contribution in [0.5, 0.6) is 0 Å². The van der Waals surface area contributed by atoms with Crippen molar-refractivity contribution in [2.24, 2.45) is 0 Å². The van der Waals surface area contributed by atoms with Gasteiger partial charge in [0.25, 0.3) is 0 Å². The maximum atomic E-state index is 10.6. The van der Waals surface area contributed by atoms with Gasteiger partial charge >= 0.3 is 0 Å². The molecule has 0 radical (unpaired) electrons. The second-order valence-corrected chi connectivity index (χ2v) is 4.82. The number of fused-ring (bicyclic) bond motifs is 1. The Morgan fingerprint density at radius 1 is 1.05 bits per heavy atom. The minimum Gasteiger partial charge on any atom is -0.355 e. The third kappa shape index (κ3) is 2.49. The summed E-state index contributed by atoms with van der Waals surface area (Å²) in [5, 5.41) is 4.98. The summed E-state index contributed by atoms with van der Waals surface area (Å²) in [6, 6.07) is 14.8. The van der Waals surface area contributed by atoms with Crippen LogP contribution in [0.4, 0.5) is 11.4 Å². The van der Waals surface area contributed by atoms with Crippen molar-refractivity contribution in [2.75, 3.05) is 5.32 Å². The lowest BCUT2D eigenvalue weighted by molar-refractivity contribution is 0.112. The van der Waals surface area contributed by atoms with Crippen LogP contribution in [0.3, 0.4) is 0 Å². The van der Waals surface area contributed by atoms with Gasteiger partial charge in [0.15, 0.2) is 0 Å². The Balaban J connectivity index is 1.99. The number of nitrogens with zero attached hydrogens (tertiary/aromatic N) is 1. The van der Waals surface area contributed by atoms with Crippen LogP contribution in [0.1, 0.15) is 10.4 Å². The number of carbonyl (C=O) groups is 1. The summed E-state index contributed by atoms with van der Waals surface area (Å²) >= 11 is 5.97. The van der Waals surface area contributed by atoms with Gasteiger partial charge in [-0.2, -0.15) is 0 Å². The highest BCUT2D eigenvalue weighted by atomic mass is 35.5. The lowest BCUT2D eigenvalue weighted by atomic mass is 10.1. The first-order valence-corrected chi connectivity index (χ1v) is 6.50. The Hall–Kier alpha value is -2.39. The van der Waals surface area contributed by atoms with Gasteiger partial charge in [0, 0.05) is 33.5 Å². The third-order valence-electron chi connectivity index (χ3n) is 3.03. The molecule has 0 amide bonds. The van der Waals surface area contributed by atoms with E-state index in [2.05, 4.69) is 10.3 Å². The van der Waals surface area contributed by atoms with Gasteiger partial charge in [-0.1, -0.05) is 11.6 Å². The van der Waals surface area contributed by atoms with E-state index in [0.29, 0.717) is 10.6 Å². The van der Waals surface area contributed by atoms with Crippen LogP contribution in [0.2, 0.25) is 5.02 Å². The van der Waals surface area contributed by atoms with Gasteiger partial charge in [-0.25, -0.2) is 0 Å². The lowest BCUT2D eigenvalue weighted by Gasteiger charge is -2.09. The molecule has 1 N–H and O–H groups in total. The molecule has 1 aromatic heterocycles. The number of benzene rings is 2. The molecule has 0 fully saturated rings.